The third kappa shape index (κ3) is 1.96. The van der Waals surface area contributed by atoms with E-state index in [2.05, 4.69) is 5.32 Å². The molecular weight excluding hydrogens is 248 g/mol. The predicted octanol–water partition coefficient (Wildman–Crippen LogP) is 2.27. The van der Waals surface area contributed by atoms with Crippen molar-refractivity contribution in [2.24, 2.45) is 0 Å². The molecule has 0 unspecified atom stereocenters. The maximum atomic E-state index is 12.1. The summed E-state index contributed by atoms with van der Waals surface area (Å²) in [6.45, 7) is 8.44. The average molecular weight is 268 g/mol. The van der Waals surface area contributed by atoms with Gasteiger partial charge in [0.1, 0.15) is 0 Å². The average Bonchev–Trinajstić information content (AvgIpc) is 2.21. The van der Waals surface area contributed by atoms with E-state index in [0.29, 0.717) is 6.54 Å². The van der Waals surface area contributed by atoms with Crippen molar-refractivity contribution in [2.75, 3.05) is 22.4 Å². The molecule has 1 N–H and O–H groups in total. The van der Waals surface area contributed by atoms with E-state index in [1.54, 1.807) is 4.31 Å². The van der Waals surface area contributed by atoms with E-state index in [1.807, 2.05) is 39.8 Å². The fraction of sp³-hybridized carbons (Fsp3) is 0.538. The standard InChI is InChI=1S/C13H20N2O2S/c1-9-6-7-11-12(10(9)2)15(18(5,16)17)13(3,4)8-14-11/h6-7,14H,8H2,1-5H3. The van der Waals surface area contributed by atoms with E-state index in [4.69, 9.17) is 0 Å². The number of hydrogen-bond acceptors (Lipinski definition) is 3. The van der Waals surface area contributed by atoms with Gasteiger partial charge in [-0.25, -0.2) is 8.42 Å². The lowest BCUT2D eigenvalue weighted by molar-refractivity contribution is 0.514. The fourth-order valence-electron chi connectivity index (χ4n) is 2.51. The Morgan fingerprint density at radius 2 is 1.89 bits per heavy atom. The number of sulfonamides is 1. The number of benzene rings is 1. The Morgan fingerprint density at radius 3 is 2.44 bits per heavy atom. The highest BCUT2D eigenvalue weighted by atomic mass is 32.2. The molecule has 1 aliphatic heterocycles. The quantitative estimate of drug-likeness (QED) is 0.850. The summed E-state index contributed by atoms with van der Waals surface area (Å²) in [7, 11) is -3.29. The molecule has 0 saturated heterocycles. The van der Waals surface area contributed by atoms with Gasteiger partial charge >= 0.3 is 0 Å². The Bertz CT molecular complexity index is 591. The van der Waals surface area contributed by atoms with Crippen molar-refractivity contribution >= 4 is 21.4 Å². The van der Waals surface area contributed by atoms with Gasteiger partial charge in [0.05, 0.1) is 23.2 Å². The molecule has 0 amide bonds. The number of rotatable bonds is 1. The number of hydrogen-bond donors (Lipinski definition) is 1. The van der Waals surface area contributed by atoms with Gasteiger partial charge < -0.3 is 5.32 Å². The van der Waals surface area contributed by atoms with Crippen LogP contribution in [-0.4, -0.2) is 26.8 Å². The number of anilines is 2. The topological polar surface area (TPSA) is 49.4 Å². The molecule has 0 atom stereocenters. The molecule has 0 aliphatic carbocycles. The molecule has 0 radical (unpaired) electrons. The minimum Gasteiger partial charge on any atom is -0.381 e. The summed E-state index contributed by atoms with van der Waals surface area (Å²) < 4.78 is 25.8. The summed E-state index contributed by atoms with van der Waals surface area (Å²) in [5.74, 6) is 0. The summed E-state index contributed by atoms with van der Waals surface area (Å²) in [6, 6.07) is 3.96. The zero-order chi connectivity index (χ0) is 13.7. The van der Waals surface area contributed by atoms with Crippen LogP contribution in [0.5, 0.6) is 0 Å². The van der Waals surface area contributed by atoms with E-state index in [-0.39, 0.29) is 0 Å². The van der Waals surface area contributed by atoms with Crippen LogP contribution in [-0.2, 0) is 10.0 Å². The van der Waals surface area contributed by atoms with Gasteiger partial charge in [-0.15, -0.1) is 0 Å². The first-order chi connectivity index (χ1) is 8.14. The van der Waals surface area contributed by atoms with Gasteiger partial charge in [-0.1, -0.05) is 6.07 Å². The summed E-state index contributed by atoms with van der Waals surface area (Å²) >= 11 is 0. The van der Waals surface area contributed by atoms with Crippen molar-refractivity contribution < 1.29 is 8.42 Å². The van der Waals surface area contributed by atoms with Crippen molar-refractivity contribution in [3.8, 4) is 0 Å². The molecule has 18 heavy (non-hydrogen) atoms. The Labute approximate surface area is 109 Å². The lowest BCUT2D eigenvalue weighted by atomic mass is 9.97. The Balaban J connectivity index is 2.76. The van der Waals surface area contributed by atoms with E-state index in [9.17, 15) is 8.42 Å². The van der Waals surface area contributed by atoms with Gasteiger partial charge in [0.25, 0.3) is 0 Å². The Hall–Kier alpha value is -1.23. The van der Waals surface area contributed by atoms with Crippen LogP contribution in [0.4, 0.5) is 11.4 Å². The van der Waals surface area contributed by atoms with E-state index in [0.717, 1.165) is 22.5 Å². The first-order valence-corrected chi connectivity index (χ1v) is 7.84. The first kappa shape index (κ1) is 13.2. The molecule has 0 spiro atoms. The molecule has 4 nitrogen and oxygen atoms in total. The lowest BCUT2D eigenvalue weighted by Gasteiger charge is -2.44. The molecule has 1 aromatic rings. The van der Waals surface area contributed by atoms with Gasteiger partial charge in [0.15, 0.2) is 0 Å². The number of fused-ring (bicyclic) bond motifs is 1. The van der Waals surface area contributed by atoms with Crippen molar-refractivity contribution in [1.29, 1.82) is 0 Å². The second-order valence-electron chi connectivity index (χ2n) is 5.60. The molecule has 100 valence electrons. The molecule has 1 heterocycles. The highest BCUT2D eigenvalue weighted by molar-refractivity contribution is 7.92. The third-order valence-corrected chi connectivity index (χ3v) is 4.84. The van der Waals surface area contributed by atoms with Crippen LogP contribution >= 0.6 is 0 Å². The van der Waals surface area contributed by atoms with Crippen LogP contribution < -0.4 is 9.62 Å². The molecule has 2 rings (SSSR count). The summed E-state index contributed by atoms with van der Waals surface area (Å²) in [5.41, 5.74) is 3.33. The smallest absolute Gasteiger partial charge is 0.232 e. The molecule has 1 aromatic carbocycles. The van der Waals surface area contributed by atoms with Crippen molar-refractivity contribution in [2.45, 2.75) is 33.2 Å². The normalized spacial score (nSPS) is 18.2. The molecule has 0 aromatic heterocycles. The molecule has 0 fully saturated rings. The zero-order valence-electron chi connectivity index (χ0n) is 11.5. The van der Waals surface area contributed by atoms with E-state index < -0.39 is 15.6 Å². The second kappa shape index (κ2) is 3.88. The van der Waals surface area contributed by atoms with Crippen molar-refractivity contribution in [1.82, 2.24) is 0 Å². The largest absolute Gasteiger partial charge is 0.381 e. The monoisotopic (exact) mass is 268 g/mol. The van der Waals surface area contributed by atoms with Gasteiger partial charge in [-0.05, 0) is 44.9 Å². The first-order valence-electron chi connectivity index (χ1n) is 5.99. The molecular formula is C13H20N2O2S. The minimum atomic E-state index is -3.29. The van der Waals surface area contributed by atoms with E-state index >= 15 is 0 Å². The maximum Gasteiger partial charge on any atom is 0.232 e. The second-order valence-corrected chi connectivity index (χ2v) is 7.43. The van der Waals surface area contributed by atoms with Crippen molar-refractivity contribution in [3.05, 3.63) is 23.3 Å². The Morgan fingerprint density at radius 1 is 1.28 bits per heavy atom. The Kier molecular flexibility index (Phi) is 2.85. The van der Waals surface area contributed by atoms with Crippen LogP contribution in [0.3, 0.4) is 0 Å². The summed E-state index contributed by atoms with van der Waals surface area (Å²) in [4.78, 5) is 0. The number of nitrogens with zero attached hydrogens (tertiary/aromatic N) is 1. The highest BCUT2D eigenvalue weighted by Crippen LogP contribution is 2.41. The number of aryl methyl sites for hydroxylation is 1. The van der Waals surface area contributed by atoms with Crippen LogP contribution in [0.15, 0.2) is 12.1 Å². The van der Waals surface area contributed by atoms with Gasteiger partial charge in [0.2, 0.25) is 10.0 Å². The zero-order valence-corrected chi connectivity index (χ0v) is 12.4. The van der Waals surface area contributed by atoms with Crippen LogP contribution in [0.25, 0.3) is 0 Å². The third-order valence-electron chi connectivity index (χ3n) is 3.50. The maximum absolute atomic E-state index is 12.1. The molecule has 1 aliphatic rings. The molecule has 5 heteroatoms. The summed E-state index contributed by atoms with van der Waals surface area (Å²) in [6.07, 6.45) is 1.27. The minimum absolute atomic E-state index is 0.459. The van der Waals surface area contributed by atoms with Crippen LogP contribution in [0.2, 0.25) is 0 Å². The van der Waals surface area contributed by atoms with Gasteiger partial charge in [-0.2, -0.15) is 0 Å². The van der Waals surface area contributed by atoms with Gasteiger partial charge in [0, 0.05) is 6.54 Å². The SMILES string of the molecule is Cc1ccc2c(c1C)N(S(C)(=O)=O)C(C)(C)CN2. The molecule has 0 bridgehead atoms. The number of nitrogens with one attached hydrogen (secondary N) is 1. The van der Waals surface area contributed by atoms with Crippen LogP contribution in [0.1, 0.15) is 25.0 Å². The summed E-state index contributed by atoms with van der Waals surface area (Å²) in [5, 5.41) is 3.32. The van der Waals surface area contributed by atoms with Crippen LogP contribution in [0, 0.1) is 13.8 Å². The lowest BCUT2D eigenvalue weighted by Crippen LogP contribution is -2.54. The fourth-order valence-corrected chi connectivity index (χ4v) is 4.04. The molecule has 0 saturated carbocycles. The van der Waals surface area contributed by atoms with Crippen molar-refractivity contribution in [3.63, 3.8) is 0 Å². The van der Waals surface area contributed by atoms with Gasteiger partial charge in [-0.3, -0.25) is 4.31 Å². The van der Waals surface area contributed by atoms with E-state index in [1.165, 1.54) is 6.26 Å². The predicted molar refractivity (Wildman–Crippen MR) is 75.8 cm³/mol. The highest BCUT2D eigenvalue weighted by Gasteiger charge is 2.39.